The quantitative estimate of drug-likeness (QED) is 0.408. The lowest BCUT2D eigenvalue weighted by atomic mass is 10.1. The van der Waals surface area contributed by atoms with Crippen molar-refractivity contribution < 1.29 is 4.74 Å². The monoisotopic (exact) mass is 432 g/mol. The van der Waals surface area contributed by atoms with Gasteiger partial charge in [-0.1, -0.05) is 115 Å². The Bertz CT molecular complexity index is 893. The Morgan fingerprint density at radius 1 is 1.03 bits per heavy atom. The molecular formula is C29H40N2O. The molecule has 0 amide bonds. The van der Waals surface area contributed by atoms with Crippen LogP contribution >= 0.6 is 0 Å². The van der Waals surface area contributed by atoms with Crippen LogP contribution in [-0.2, 0) is 6.54 Å². The molecule has 1 aromatic heterocycles. The van der Waals surface area contributed by atoms with Gasteiger partial charge in [0.05, 0.1) is 19.1 Å². The minimum Gasteiger partial charge on any atom is -0.439 e. The lowest BCUT2D eigenvalue weighted by molar-refractivity contribution is 0.436. The number of benzene rings is 1. The minimum atomic E-state index is 0.632. The number of nitrogens with zero attached hydrogens (tertiary/aromatic N) is 2. The molecule has 0 saturated heterocycles. The lowest BCUT2D eigenvalue weighted by Gasteiger charge is -2.10. The van der Waals surface area contributed by atoms with Gasteiger partial charge >= 0.3 is 0 Å². The van der Waals surface area contributed by atoms with Crippen molar-refractivity contribution in [2.45, 2.75) is 54.5 Å². The molecule has 0 aliphatic heterocycles. The first-order valence-electron chi connectivity index (χ1n) is 11.6. The molecule has 2 aromatic rings. The summed E-state index contributed by atoms with van der Waals surface area (Å²) in [5.41, 5.74) is 3.40. The van der Waals surface area contributed by atoms with Crippen LogP contribution in [0.25, 0.3) is 5.57 Å². The molecule has 0 saturated carbocycles. The maximum Gasteiger partial charge on any atom is 0.219 e. The topological polar surface area (TPSA) is 27.1 Å². The third kappa shape index (κ3) is 9.65. The van der Waals surface area contributed by atoms with Crippen molar-refractivity contribution in [3.05, 3.63) is 110 Å². The highest BCUT2D eigenvalue weighted by Gasteiger charge is 2.06. The zero-order valence-corrected chi connectivity index (χ0v) is 20.7. The Morgan fingerprint density at radius 3 is 2.34 bits per heavy atom. The third-order valence-electron chi connectivity index (χ3n) is 4.01. The van der Waals surface area contributed by atoms with Gasteiger partial charge in [0.25, 0.3) is 0 Å². The van der Waals surface area contributed by atoms with E-state index >= 15 is 0 Å². The highest BCUT2D eigenvalue weighted by molar-refractivity contribution is 5.75. The Balaban J connectivity index is 0.00000148. The fourth-order valence-corrected chi connectivity index (χ4v) is 2.65. The van der Waals surface area contributed by atoms with Crippen LogP contribution in [-0.4, -0.2) is 9.55 Å². The van der Waals surface area contributed by atoms with Gasteiger partial charge in [-0.05, 0) is 35.3 Å². The Morgan fingerprint density at radius 2 is 1.72 bits per heavy atom. The van der Waals surface area contributed by atoms with Crippen LogP contribution in [0, 0.1) is 0 Å². The molecule has 0 atom stereocenters. The number of ether oxygens (including phenoxy) is 1. The van der Waals surface area contributed by atoms with E-state index in [1.165, 1.54) is 5.57 Å². The SMILES string of the molecule is C=C/C=C(\C=C)Cn1cncc1Oc1ccc(C2=CC=CCC=C2)cc1.CC.CC.CC. The standard InChI is InChI=1S/C23H22N2O.3C2H6/c1-3-9-19(4-2)17-25-18-24-16-23(25)26-22-14-12-21(13-15-22)20-10-7-5-6-8-11-20;3*1-2/h3-5,7-16,18H,1-2,6,17H2;3*1-2H3/b19-9+;;;. The highest BCUT2D eigenvalue weighted by Crippen LogP contribution is 2.25. The van der Waals surface area contributed by atoms with E-state index in [4.69, 9.17) is 4.74 Å². The van der Waals surface area contributed by atoms with E-state index in [9.17, 15) is 0 Å². The summed E-state index contributed by atoms with van der Waals surface area (Å²) >= 11 is 0. The van der Waals surface area contributed by atoms with Crippen LogP contribution in [0.1, 0.15) is 53.5 Å². The van der Waals surface area contributed by atoms with Gasteiger partial charge in [-0.25, -0.2) is 4.98 Å². The van der Waals surface area contributed by atoms with E-state index in [-0.39, 0.29) is 0 Å². The van der Waals surface area contributed by atoms with E-state index in [1.54, 1.807) is 18.6 Å². The first kappa shape index (κ1) is 28.7. The molecule has 1 heterocycles. The van der Waals surface area contributed by atoms with Crippen LogP contribution in [0.2, 0.25) is 0 Å². The van der Waals surface area contributed by atoms with Gasteiger partial charge in [0.2, 0.25) is 5.88 Å². The van der Waals surface area contributed by atoms with Crippen LogP contribution in [0.3, 0.4) is 0 Å². The van der Waals surface area contributed by atoms with Gasteiger partial charge in [0.15, 0.2) is 0 Å². The van der Waals surface area contributed by atoms with Crippen LogP contribution < -0.4 is 4.74 Å². The van der Waals surface area contributed by atoms with Gasteiger partial charge in [-0.2, -0.15) is 0 Å². The van der Waals surface area contributed by atoms with Crippen LogP contribution in [0.15, 0.2) is 104 Å². The predicted octanol–water partition coefficient (Wildman–Crippen LogP) is 8.95. The molecule has 3 nitrogen and oxygen atoms in total. The fourth-order valence-electron chi connectivity index (χ4n) is 2.65. The van der Waals surface area contributed by atoms with Gasteiger partial charge in [-0.3, -0.25) is 4.57 Å². The number of aromatic nitrogens is 2. The molecule has 0 N–H and O–H groups in total. The predicted molar refractivity (Wildman–Crippen MR) is 142 cm³/mol. The normalized spacial score (nSPS) is 11.8. The summed E-state index contributed by atoms with van der Waals surface area (Å²) in [6, 6.07) is 8.09. The lowest BCUT2D eigenvalue weighted by Crippen LogP contribution is -2.00. The van der Waals surface area contributed by atoms with E-state index in [0.29, 0.717) is 12.4 Å². The summed E-state index contributed by atoms with van der Waals surface area (Å²) in [4.78, 5) is 4.19. The molecule has 0 radical (unpaired) electrons. The Hall–Kier alpha value is -3.33. The van der Waals surface area contributed by atoms with E-state index in [2.05, 4.69) is 60.7 Å². The number of rotatable bonds is 7. The molecule has 1 aliphatic carbocycles. The van der Waals surface area contributed by atoms with Gasteiger partial charge in [-0.15, -0.1) is 0 Å². The molecule has 0 fully saturated rings. The molecule has 0 spiro atoms. The van der Waals surface area contributed by atoms with Crippen molar-refractivity contribution in [2.75, 3.05) is 0 Å². The van der Waals surface area contributed by atoms with Gasteiger partial charge in [0, 0.05) is 0 Å². The Labute approximate surface area is 195 Å². The number of hydrogen-bond acceptors (Lipinski definition) is 2. The number of allylic oxidation sites excluding steroid dienone is 10. The second-order valence-electron chi connectivity index (χ2n) is 5.86. The zero-order chi connectivity index (χ0) is 24.2. The first-order chi connectivity index (χ1) is 15.8. The second kappa shape index (κ2) is 18.4. The molecule has 0 unspecified atom stereocenters. The van der Waals surface area contributed by atoms with Crippen molar-refractivity contribution in [2.24, 2.45) is 0 Å². The minimum absolute atomic E-state index is 0.632. The van der Waals surface area contributed by atoms with E-state index < -0.39 is 0 Å². The van der Waals surface area contributed by atoms with Crippen molar-refractivity contribution in [1.29, 1.82) is 0 Å². The average molecular weight is 433 g/mol. The molecule has 172 valence electrons. The number of hydrogen-bond donors (Lipinski definition) is 0. The van der Waals surface area contributed by atoms with Gasteiger partial charge in [0.1, 0.15) is 5.75 Å². The smallest absolute Gasteiger partial charge is 0.219 e. The van der Waals surface area contributed by atoms with E-state index in [1.807, 2.05) is 70.4 Å². The molecule has 0 bridgehead atoms. The van der Waals surface area contributed by atoms with E-state index in [0.717, 1.165) is 23.3 Å². The molecular weight excluding hydrogens is 392 g/mol. The summed E-state index contributed by atoms with van der Waals surface area (Å²) in [5, 5.41) is 0. The first-order valence-corrected chi connectivity index (χ1v) is 11.6. The third-order valence-corrected chi connectivity index (χ3v) is 4.01. The molecule has 32 heavy (non-hydrogen) atoms. The molecule has 1 aliphatic rings. The van der Waals surface area contributed by atoms with Crippen LogP contribution in [0.4, 0.5) is 0 Å². The summed E-state index contributed by atoms with van der Waals surface area (Å²) in [6.07, 6.45) is 20.6. The van der Waals surface area contributed by atoms with Gasteiger partial charge < -0.3 is 4.74 Å². The van der Waals surface area contributed by atoms with Crippen molar-refractivity contribution in [3.8, 4) is 11.6 Å². The van der Waals surface area contributed by atoms with Crippen molar-refractivity contribution in [3.63, 3.8) is 0 Å². The maximum absolute atomic E-state index is 6.00. The molecule has 3 rings (SSSR count). The number of imidazole rings is 1. The Kier molecular flexibility index (Phi) is 16.5. The average Bonchev–Trinajstić information content (AvgIpc) is 3.12. The highest BCUT2D eigenvalue weighted by atomic mass is 16.5. The fraction of sp³-hybridized carbons (Fsp3) is 0.276. The summed E-state index contributed by atoms with van der Waals surface area (Å²) in [5.74, 6) is 1.46. The largest absolute Gasteiger partial charge is 0.439 e. The second-order valence-corrected chi connectivity index (χ2v) is 5.86. The summed E-state index contributed by atoms with van der Waals surface area (Å²) in [6.45, 7) is 20.2. The van der Waals surface area contributed by atoms with Crippen LogP contribution in [0.5, 0.6) is 11.6 Å². The molecule has 1 aromatic carbocycles. The summed E-state index contributed by atoms with van der Waals surface area (Å²) in [7, 11) is 0. The molecule has 3 heteroatoms. The zero-order valence-electron chi connectivity index (χ0n) is 20.7. The maximum atomic E-state index is 6.00. The van der Waals surface area contributed by atoms with Crippen molar-refractivity contribution in [1.82, 2.24) is 9.55 Å². The van der Waals surface area contributed by atoms with Crippen molar-refractivity contribution >= 4 is 5.57 Å². The summed E-state index contributed by atoms with van der Waals surface area (Å²) < 4.78 is 7.94.